The fourth-order valence-corrected chi connectivity index (χ4v) is 3.93. The standard InChI is InChI=1S/C18H32N2O3/c1-14(2)12-17(21)19-8-4-15(5-9-19)16-6-10-20(11-7-16)18(22)13-23-3/h14-16H,4-13H2,1-3H3. The Morgan fingerprint density at radius 2 is 1.35 bits per heavy atom. The van der Waals surface area contributed by atoms with E-state index in [4.69, 9.17) is 4.74 Å². The largest absolute Gasteiger partial charge is 0.375 e. The van der Waals surface area contributed by atoms with Gasteiger partial charge in [0.05, 0.1) is 0 Å². The number of amides is 2. The third-order valence-electron chi connectivity index (χ3n) is 5.30. The van der Waals surface area contributed by atoms with Crippen molar-refractivity contribution in [2.24, 2.45) is 17.8 Å². The van der Waals surface area contributed by atoms with Gasteiger partial charge in [0.25, 0.3) is 0 Å². The van der Waals surface area contributed by atoms with E-state index in [1.807, 2.05) is 9.80 Å². The summed E-state index contributed by atoms with van der Waals surface area (Å²) < 4.78 is 4.93. The lowest BCUT2D eigenvalue weighted by Crippen LogP contribution is -2.44. The van der Waals surface area contributed by atoms with Crippen LogP contribution in [-0.2, 0) is 14.3 Å². The molecule has 0 aromatic carbocycles. The van der Waals surface area contributed by atoms with Gasteiger partial charge in [0.1, 0.15) is 6.61 Å². The lowest BCUT2D eigenvalue weighted by atomic mass is 9.78. The summed E-state index contributed by atoms with van der Waals surface area (Å²) in [6.07, 6.45) is 5.12. The van der Waals surface area contributed by atoms with Crippen LogP contribution in [0.25, 0.3) is 0 Å². The second kappa shape index (κ2) is 8.67. The minimum absolute atomic E-state index is 0.111. The summed E-state index contributed by atoms with van der Waals surface area (Å²) in [6.45, 7) is 7.95. The van der Waals surface area contributed by atoms with Crippen LogP contribution >= 0.6 is 0 Å². The summed E-state index contributed by atoms with van der Waals surface area (Å²) in [5.74, 6) is 2.30. The number of nitrogens with zero attached hydrogens (tertiary/aromatic N) is 2. The highest BCUT2D eigenvalue weighted by molar-refractivity contribution is 5.77. The van der Waals surface area contributed by atoms with Crippen LogP contribution in [0.5, 0.6) is 0 Å². The highest BCUT2D eigenvalue weighted by Crippen LogP contribution is 2.32. The maximum atomic E-state index is 12.1. The summed E-state index contributed by atoms with van der Waals surface area (Å²) in [5.41, 5.74) is 0. The van der Waals surface area contributed by atoms with Gasteiger partial charge in [0.15, 0.2) is 0 Å². The summed E-state index contributed by atoms with van der Waals surface area (Å²) in [4.78, 5) is 28.0. The fraction of sp³-hybridized carbons (Fsp3) is 0.889. The molecule has 0 bridgehead atoms. The van der Waals surface area contributed by atoms with Crippen molar-refractivity contribution in [3.63, 3.8) is 0 Å². The highest BCUT2D eigenvalue weighted by Gasteiger charge is 2.31. The quantitative estimate of drug-likeness (QED) is 0.779. The minimum atomic E-state index is 0.111. The number of hydrogen-bond donors (Lipinski definition) is 0. The molecule has 5 heteroatoms. The van der Waals surface area contributed by atoms with E-state index in [0.717, 1.165) is 57.8 Å². The molecule has 2 saturated heterocycles. The molecule has 132 valence electrons. The summed E-state index contributed by atoms with van der Waals surface area (Å²) in [6, 6.07) is 0. The molecule has 0 aromatic heterocycles. The Balaban J connectivity index is 1.72. The van der Waals surface area contributed by atoms with Crippen LogP contribution in [0.4, 0.5) is 0 Å². The van der Waals surface area contributed by atoms with Gasteiger partial charge in [-0.2, -0.15) is 0 Å². The molecule has 2 amide bonds. The van der Waals surface area contributed by atoms with E-state index in [-0.39, 0.29) is 12.5 Å². The molecule has 0 atom stereocenters. The number of hydrogen-bond acceptors (Lipinski definition) is 3. The lowest BCUT2D eigenvalue weighted by Gasteiger charge is -2.40. The Kier molecular flexibility index (Phi) is 6.88. The Morgan fingerprint density at radius 3 is 1.74 bits per heavy atom. The van der Waals surface area contributed by atoms with Crippen molar-refractivity contribution in [2.45, 2.75) is 46.0 Å². The number of rotatable bonds is 5. The third kappa shape index (κ3) is 5.20. The van der Waals surface area contributed by atoms with Gasteiger partial charge in [-0.25, -0.2) is 0 Å². The molecule has 23 heavy (non-hydrogen) atoms. The van der Waals surface area contributed by atoms with Crippen molar-refractivity contribution in [2.75, 3.05) is 39.9 Å². The number of carbonyl (C=O) groups is 2. The Labute approximate surface area is 140 Å². The first kappa shape index (κ1) is 18.2. The maximum Gasteiger partial charge on any atom is 0.248 e. The smallest absolute Gasteiger partial charge is 0.248 e. The molecular weight excluding hydrogens is 292 g/mol. The molecule has 0 aromatic rings. The van der Waals surface area contributed by atoms with Crippen LogP contribution < -0.4 is 0 Å². The van der Waals surface area contributed by atoms with Crippen LogP contribution in [0.15, 0.2) is 0 Å². The van der Waals surface area contributed by atoms with Gasteiger partial charge in [-0.05, 0) is 43.4 Å². The number of likely N-dealkylation sites (tertiary alicyclic amines) is 2. The number of methoxy groups -OCH3 is 1. The zero-order valence-corrected chi connectivity index (χ0v) is 14.9. The Morgan fingerprint density at radius 1 is 0.913 bits per heavy atom. The van der Waals surface area contributed by atoms with E-state index in [0.29, 0.717) is 24.2 Å². The highest BCUT2D eigenvalue weighted by atomic mass is 16.5. The van der Waals surface area contributed by atoms with Crippen molar-refractivity contribution in [3.8, 4) is 0 Å². The molecule has 2 fully saturated rings. The third-order valence-corrected chi connectivity index (χ3v) is 5.30. The van der Waals surface area contributed by atoms with E-state index < -0.39 is 0 Å². The van der Waals surface area contributed by atoms with Crippen molar-refractivity contribution in [1.29, 1.82) is 0 Å². The van der Waals surface area contributed by atoms with Gasteiger partial charge in [-0.15, -0.1) is 0 Å². The molecule has 0 unspecified atom stereocenters. The van der Waals surface area contributed by atoms with E-state index in [9.17, 15) is 9.59 Å². The Bertz CT molecular complexity index is 395. The molecule has 2 aliphatic heterocycles. The van der Waals surface area contributed by atoms with Gasteiger partial charge in [0, 0.05) is 39.7 Å². The molecule has 2 rings (SSSR count). The molecule has 0 radical (unpaired) electrons. The van der Waals surface area contributed by atoms with Gasteiger partial charge in [0.2, 0.25) is 11.8 Å². The summed E-state index contributed by atoms with van der Waals surface area (Å²) >= 11 is 0. The predicted molar refractivity (Wildman–Crippen MR) is 89.9 cm³/mol. The second-order valence-corrected chi connectivity index (χ2v) is 7.47. The van der Waals surface area contributed by atoms with Crippen molar-refractivity contribution in [1.82, 2.24) is 9.80 Å². The molecule has 0 saturated carbocycles. The van der Waals surface area contributed by atoms with Gasteiger partial charge < -0.3 is 14.5 Å². The first-order valence-corrected chi connectivity index (χ1v) is 9.05. The fourth-order valence-electron chi connectivity index (χ4n) is 3.93. The topological polar surface area (TPSA) is 49.9 Å². The van der Waals surface area contributed by atoms with E-state index >= 15 is 0 Å². The van der Waals surface area contributed by atoms with E-state index in [1.54, 1.807) is 7.11 Å². The molecule has 2 heterocycles. The Hall–Kier alpha value is -1.10. The maximum absolute atomic E-state index is 12.1. The normalized spacial score (nSPS) is 21.0. The molecule has 0 aliphatic carbocycles. The van der Waals surface area contributed by atoms with Crippen LogP contribution in [0.1, 0.15) is 46.0 Å². The van der Waals surface area contributed by atoms with Gasteiger partial charge in [-0.3, -0.25) is 9.59 Å². The summed E-state index contributed by atoms with van der Waals surface area (Å²) in [7, 11) is 1.57. The number of carbonyl (C=O) groups excluding carboxylic acids is 2. The predicted octanol–water partition coefficient (Wildman–Crippen LogP) is 2.16. The molecule has 5 nitrogen and oxygen atoms in total. The molecule has 0 spiro atoms. The van der Waals surface area contributed by atoms with Gasteiger partial charge in [-0.1, -0.05) is 13.8 Å². The molecular formula is C18H32N2O3. The van der Waals surface area contributed by atoms with Crippen molar-refractivity contribution < 1.29 is 14.3 Å². The molecule has 0 N–H and O–H groups in total. The van der Waals surface area contributed by atoms with Crippen LogP contribution in [0.2, 0.25) is 0 Å². The first-order valence-electron chi connectivity index (χ1n) is 9.05. The minimum Gasteiger partial charge on any atom is -0.375 e. The average molecular weight is 324 g/mol. The zero-order valence-electron chi connectivity index (χ0n) is 14.9. The number of piperidine rings is 2. The van der Waals surface area contributed by atoms with Gasteiger partial charge >= 0.3 is 0 Å². The van der Waals surface area contributed by atoms with Crippen molar-refractivity contribution >= 4 is 11.8 Å². The van der Waals surface area contributed by atoms with Crippen LogP contribution in [-0.4, -0.2) is 61.5 Å². The monoisotopic (exact) mass is 324 g/mol. The van der Waals surface area contributed by atoms with E-state index in [1.165, 1.54) is 0 Å². The van der Waals surface area contributed by atoms with Crippen LogP contribution in [0, 0.1) is 17.8 Å². The van der Waals surface area contributed by atoms with E-state index in [2.05, 4.69) is 13.8 Å². The first-order chi connectivity index (χ1) is 11.0. The summed E-state index contributed by atoms with van der Waals surface area (Å²) in [5, 5.41) is 0. The lowest BCUT2D eigenvalue weighted by molar-refractivity contribution is -0.137. The molecule has 2 aliphatic rings. The second-order valence-electron chi connectivity index (χ2n) is 7.47. The zero-order chi connectivity index (χ0) is 16.8. The van der Waals surface area contributed by atoms with Crippen molar-refractivity contribution in [3.05, 3.63) is 0 Å². The average Bonchev–Trinajstić information content (AvgIpc) is 2.55. The number of ether oxygens (including phenoxy) is 1. The SMILES string of the molecule is COCC(=O)N1CCC(C2CCN(C(=O)CC(C)C)CC2)CC1. The van der Waals surface area contributed by atoms with Crippen LogP contribution in [0.3, 0.4) is 0 Å².